The fourth-order valence-electron chi connectivity index (χ4n) is 2.80. The van der Waals surface area contributed by atoms with Gasteiger partial charge in [-0.25, -0.2) is 0 Å². The predicted molar refractivity (Wildman–Crippen MR) is 111 cm³/mol. The number of carbonyl (C=O) groups excluding carboxylic acids is 1. The molecular formula is C23H23NO2S. The highest BCUT2D eigenvalue weighted by Crippen LogP contribution is 2.27. The molecule has 0 aromatic heterocycles. The van der Waals surface area contributed by atoms with E-state index in [0.29, 0.717) is 13.0 Å². The molecule has 3 aromatic rings. The van der Waals surface area contributed by atoms with Crippen LogP contribution in [0, 0.1) is 0 Å². The van der Waals surface area contributed by atoms with Crippen molar-refractivity contribution >= 4 is 17.7 Å². The zero-order valence-electron chi connectivity index (χ0n) is 15.0. The highest BCUT2D eigenvalue weighted by atomic mass is 32.2. The molecule has 27 heavy (non-hydrogen) atoms. The number of nitrogens with one attached hydrogen (secondary N) is 1. The van der Waals surface area contributed by atoms with Gasteiger partial charge >= 0.3 is 0 Å². The second kappa shape index (κ2) is 9.95. The first-order valence-corrected chi connectivity index (χ1v) is 9.85. The van der Waals surface area contributed by atoms with Crippen LogP contribution >= 0.6 is 11.8 Å². The quantitative estimate of drug-likeness (QED) is 0.582. The third-order valence-electron chi connectivity index (χ3n) is 4.21. The molecular weight excluding hydrogens is 354 g/mol. The van der Waals surface area contributed by atoms with Crippen LogP contribution in [-0.2, 0) is 17.8 Å². The SMILES string of the molecule is O=C(NCc1ccccc1)C(Sc1ccccc1)C(O)Cc1ccccc1. The van der Waals surface area contributed by atoms with Gasteiger partial charge in [0.05, 0.1) is 6.10 Å². The van der Waals surface area contributed by atoms with E-state index in [0.717, 1.165) is 16.0 Å². The van der Waals surface area contributed by atoms with Crippen LogP contribution in [0.1, 0.15) is 11.1 Å². The summed E-state index contributed by atoms with van der Waals surface area (Å²) < 4.78 is 0. The molecule has 0 saturated carbocycles. The Morgan fingerprint density at radius 2 is 1.33 bits per heavy atom. The van der Waals surface area contributed by atoms with E-state index in [1.165, 1.54) is 11.8 Å². The Labute approximate surface area is 164 Å². The molecule has 1 amide bonds. The number of aliphatic hydroxyl groups is 1. The van der Waals surface area contributed by atoms with Gasteiger partial charge < -0.3 is 10.4 Å². The van der Waals surface area contributed by atoms with E-state index >= 15 is 0 Å². The number of rotatable bonds is 8. The van der Waals surface area contributed by atoms with Crippen molar-refractivity contribution in [3.63, 3.8) is 0 Å². The van der Waals surface area contributed by atoms with Gasteiger partial charge in [-0.2, -0.15) is 0 Å². The zero-order valence-corrected chi connectivity index (χ0v) is 15.8. The van der Waals surface area contributed by atoms with Crippen LogP contribution in [-0.4, -0.2) is 22.4 Å². The number of aliphatic hydroxyl groups excluding tert-OH is 1. The first kappa shape index (κ1) is 19.2. The van der Waals surface area contributed by atoms with E-state index in [4.69, 9.17) is 0 Å². The van der Waals surface area contributed by atoms with E-state index in [1.807, 2.05) is 91.0 Å². The van der Waals surface area contributed by atoms with E-state index in [-0.39, 0.29) is 5.91 Å². The maximum atomic E-state index is 12.9. The molecule has 0 aliphatic carbocycles. The van der Waals surface area contributed by atoms with Crippen LogP contribution in [0.3, 0.4) is 0 Å². The number of thioether (sulfide) groups is 1. The van der Waals surface area contributed by atoms with Gasteiger partial charge in [0.25, 0.3) is 0 Å². The van der Waals surface area contributed by atoms with Crippen molar-refractivity contribution in [2.24, 2.45) is 0 Å². The summed E-state index contributed by atoms with van der Waals surface area (Å²) in [6, 6.07) is 29.3. The van der Waals surface area contributed by atoms with Crippen molar-refractivity contribution in [3.05, 3.63) is 102 Å². The highest BCUT2D eigenvalue weighted by molar-refractivity contribution is 8.00. The molecule has 3 rings (SSSR count). The standard InChI is InChI=1S/C23H23NO2S/c25-21(16-18-10-4-1-5-11-18)22(27-20-14-8-3-9-15-20)23(26)24-17-19-12-6-2-7-13-19/h1-15,21-22,25H,16-17H2,(H,24,26). The summed E-state index contributed by atoms with van der Waals surface area (Å²) in [6.45, 7) is 0.448. The Morgan fingerprint density at radius 3 is 1.93 bits per heavy atom. The molecule has 0 bridgehead atoms. The Balaban J connectivity index is 1.70. The lowest BCUT2D eigenvalue weighted by molar-refractivity contribution is -0.122. The number of amides is 1. The maximum absolute atomic E-state index is 12.9. The minimum Gasteiger partial charge on any atom is -0.391 e. The van der Waals surface area contributed by atoms with Gasteiger partial charge in [0.1, 0.15) is 5.25 Å². The van der Waals surface area contributed by atoms with Crippen LogP contribution in [0.5, 0.6) is 0 Å². The first-order chi connectivity index (χ1) is 13.2. The van der Waals surface area contributed by atoms with E-state index in [9.17, 15) is 9.90 Å². The van der Waals surface area contributed by atoms with E-state index in [1.54, 1.807) is 0 Å². The summed E-state index contributed by atoms with van der Waals surface area (Å²) in [5, 5.41) is 13.2. The van der Waals surface area contributed by atoms with Crippen LogP contribution in [0.4, 0.5) is 0 Å². The second-order valence-corrected chi connectivity index (χ2v) is 7.53. The van der Waals surface area contributed by atoms with Crippen molar-refractivity contribution < 1.29 is 9.90 Å². The summed E-state index contributed by atoms with van der Waals surface area (Å²) in [5.41, 5.74) is 2.05. The Hall–Kier alpha value is -2.56. The van der Waals surface area contributed by atoms with E-state index < -0.39 is 11.4 Å². The lowest BCUT2D eigenvalue weighted by Crippen LogP contribution is -2.40. The largest absolute Gasteiger partial charge is 0.391 e. The van der Waals surface area contributed by atoms with Crippen molar-refractivity contribution in [2.75, 3.05) is 0 Å². The normalized spacial score (nSPS) is 12.9. The van der Waals surface area contributed by atoms with Crippen molar-refractivity contribution in [1.29, 1.82) is 0 Å². The van der Waals surface area contributed by atoms with Gasteiger partial charge in [-0.1, -0.05) is 78.9 Å². The van der Waals surface area contributed by atoms with Gasteiger partial charge in [0, 0.05) is 11.4 Å². The van der Waals surface area contributed by atoms with Crippen molar-refractivity contribution in [3.8, 4) is 0 Å². The van der Waals surface area contributed by atoms with Crippen LogP contribution < -0.4 is 5.32 Å². The van der Waals surface area contributed by atoms with Gasteiger partial charge in [-0.15, -0.1) is 11.8 Å². The topological polar surface area (TPSA) is 49.3 Å². The second-order valence-electron chi connectivity index (χ2n) is 6.31. The molecule has 0 aliphatic rings. The minimum atomic E-state index is -0.784. The van der Waals surface area contributed by atoms with Gasteiger partial charge in [-0.05, 0) is 29.7 Å². The smallest absolute Gasteiger partial charge is 0.236 e. The van der Waals surface area contributed by atoms with Crippen molar-refractivity contribution in [1.82, 2.24) is 5.32 Å². The number of benzene rings is 3. The average molecular weight is 378 g/mol. The molecule has 0 heterocycles. The Bertz CT molecular complexity index is 825. The summed E-state index contributed by atoms with van der Waals surface area (Å²) in [5.74, 6) is -0.156. The lowest BCUT2D eigenvalue weighted by Gasteiger charge is -2.22. The molecule has 3 nitrogen and oxygen atoms in total. The fourth-order valence-corrected chi connectivity index (χ4v) is 3.85. The average Bonchev–Trinajstić information content (AvgIpc) is 2.72. The molecule has 4 heteroatoms. The monoisotopic (exact) mass is 377 g/mol. The molecule has 2 N–H and O–H groups in total. The lowest BCUT2D eigenvalue weighted by atomic mass is 10.1. The molecule has 138 valence electrons. The molecule has 0 radical (unpaired) electrons. The fraction of sp³-hybridized carbons (Fsp3) is 0.174. The summed E-state index contributed by atoms with van der Waals surface area (Å²) >= 11 is 1.40. The molecule has 2 unspecified atom stereocenters. The molecule has 0 aliphatic heterocycles. The number of hydrogen-bond donors (Lipinski definition) is 2. The van der Waals surface area contributed by atoms with Gasteiger partial charge in [0.15, 0.2) is 0 Å². The van der Waals surface area contributed by atoms with Crippen LogP contribution in [0.15, 0.2) is 95.9 Å². The highest BCUT2D eigenvalue weighted by Gasteiger charge is 2.28. The number of carbonyl (C=O) groups is 1. The van der Waals surface area contributed by atoms with Gasteiger partial charge in [-0.3, -0.25) is 4.79 Å². The predicted octanol–water partition coefficient (Wildman–Crippen LogP) is 4.07. The third-order valence-corrected chi connectivity index (χ3v) is 5.54. The number of hydrogen-bond acceptors (Lipinski definition) is 3. The molecule has 0 fully saturated rings. The molecule has 0 saturated heterocycles. The molecule has 3 aromatic carbocycles. The first-order valence-electron chi connectivity index (χ1n) is 8.98. The summed E-state index contributed by atoms with van der Waals surface area (Å²) in [4.78, 5) is 13.8. The molecule has 2 atom stereocenters. The Morgan fingerprint density at radius 1 is 0.815 bits per heavy atom. The zero-order chi connectivity index (χ0) is 18.9. The van der Waals surface area contributed by atoms with Crippen LogP contribution in [0.25, 0.3) is 0 Å². The molecule has 0 spiro atoms. The summed E-state index contributed by atoms with van der Waals surface area (Å²) in [6.07, 6.45) is -0.349. The Kier molecular flexibility index (Phi) is 7.08. The van der Waals surface area contributed by atoms with Crippen LogP contribution in [0.2, 0.25) is 0 Å². The minimum absolute atomic E-state index is 0.156. The summed E-state index contributed by atoms with van der Waals surface area (Å²) in [7, 11) is 0. The van der Waals surface area contributed by atoms with E-state index in [2.05, 4.69) is 5.32 Å². The van der Waals surface area contributed by atoms with Gasteiger partial charge in [0.2, 0.25) is 5.91 Å². The third kappa shape index (κ3) is 5.98. The maximum Gasteiger partial charge on any atom is 0.236 e. The van der Waals surface area contributed by atoms with Crippen molar-refractivity contribution in [2.45, 2.75) is 29.2 Å².